The molecule has 1 rings (SSSR count). The van der Waals surface area contributed by atoms with Gasteiger partial charge in [-0.2, -0.15) is 0 Å². The van der Waals surface area contributed by atoms with Crippen LogP contribution in [0.25, 0.3) is 0 Å². The van der Waals surface area contributed by atoms with E-state index in [-0.39, 0.29) is 5.82 Å². The fraction of sp³-hybridized carbons (Fsp3) is 0. The minimum absolute atomic E-state index is 0.207. The molecule has 44 valence electrons. The highest BCUT2D eigenvalue weighted by Gasteiger charge is 2.01. The zero-order valence-electron chi connectivity index (χ0n) is 3.62. The Morgan fingerprint density at radius 1 is 1.50 bits per heavy atom. The Labute approximate surface area is 67.0 Å². The summed E-state index contributed by atoms with van der Waals surface area (Å²) in [4.78, 5) is 0. The quantitative estimate of drug-likeness (QED) is 0.670. The van der Waals surface area contributed by atoms with E-state index in [1.165, 1.54) is 17.4 Å². The van der Waals surface area contributed by atoms with Gasteiger partial charge in [-0.3, -0.25) is 0 Å². The van der Waals surface area contributed by atoms with Gasteiger partial charge in [-0.25, -0.2) is 4.39 Å². The van der Waals surface area contributed by atoms with E-state index in [9.17, 15) is 4.39 Å². The summed E-state index contributed by atoms with van der Waals surface area (Å²) in [5, 5.41) is 0. The molecule has 1 aromatic heterocycles. The molecule has 0 saturated carbocycles. The highest BCUT2D eigenvalue weighted by molar-refractivity contribution is 9.12. The van der Waals surface area contributed by atoms with Gasteiger partial charge in [0.25, 0.3) is 0 Å². The molecule has 1 heterocycles. The lowest BCUT2D eigenvalue weighted by molar-refractivity contribution is 0.627. The number of halogens is 3. The molecule has 0 aromatic carbocycles. The summed E-state index contributed by atoms with van der Waals surface area (Å²) in [7, 11) is 0. The molecule has 0 aliphatic carbocycles. The third-order valence-corrected chi connectivity index (χ3v) is 2.88. The van der Waals surface area contributed by atoms with Crippen molar-refractivity contribution >= 4 is 43.2 Å². The maximum atomic E-state index is 12.3. The Balaban J connectivity index is 3.14. The summed E-state index contributed by atoms with van der Waals surface area (Å²) in [6, 6.07) is 1.43. The van der Waals surface area contributed by atoms with Crippen molar-refractivity contribution in [3.8, 4) is 0 Å². The number of hydrogen-bond acceptors (Lipinski definition) is 1. The molecular formula is C4HBr2FS. The van der Waals surface area contributed by atoms with Gasteiger partial charge in [0.05, 0.1) is 3.79 Å². The molecule has 0 radical (unpaired) electrons. The zero-order chi connectivity index (χ0) is 6.15. The van der Waals surface area contributed by atoms with E-state index in [1.807, 2.05) is 0 Å². The summed E-state index contributed by atoms with van der Waals surface area (Å²) in [6.45, 7) is 0. The maximum absolute atomic E-state index is 12.3. The molecule has 0 N–H and O–H groups in total. The van der Waals surface area contributed by atoms with Crippen molar-refractivity contribution in [1.29, 1.82) is 0 Å². The average molecular weight is 260 g/mol. The van der Waals surface area contributed by atoms with Crippen molar-refractivity contribution in [2.45, 2.75) is 0 Å². The standard InChI is InChI=1S/C4HBr2FS/c5-3-1-2(7)4(6)8-3/h1H. The van der Waals surface area contributed by atoms with Crippen molar-refractivity contribution in [3.63, 3.8) is 0 Å². The molecule has 0 unspecified atom stereocenters. The molecule has 0 saturated heterocycles. The second-order valence-corrected chi connectivity index (χ2v) is 4.92. The van der Waals surface area contributed by atoms with Gasteiger partial charge in [-0.05, 0) is 31.9 Å². The molecule has 4 heteroatoms. The number of hydrogen-bond donors (Lipinski definition) is 0. The predicted octanol–water partition coefficient (Wildman–Crippen LogP) is 3.41. The molecule has 0 aliphatic heterocycles. The van der Waals surface area contributed by atoms with E-state index in [0.29, 0.717) is 3.79 Å². The summed E-state index contributed by atoms with van der Waals surface area (Å²) in [6.07, 6.45) is 0. The van der Waals surface area contributed by atoms with Crippen molar-refractivity contribution < 1.29 is 4.39 Å². The molecule has 0 bridgehead atoms. The van der Waals surface area contributed by atoms with Crippen LogP contribution in [0.3, 0.4) is 0 Å². The lowest BCUT2D eigenvalue weighted by atomic mass is 10.6. The largest absolute Gasteiger partial charge is 0.205 e. The third kappa shape index (κ3) is 1.30. The molecule has 0 aliphatic rings. The Kier molecular flexibility index (Phi) is 2.06. The van der Waals surface area contributed by atoms with E-state index >= 15 is 0 Å². The lowest BCUT2D eigenvalue weighted by Crippen LogP contribution is -1.57. The van der Waals surface area contributed by atoms with E-state index < -0.39 is 0 Å². The molecule has 0 spiro atoms. The minimum Gasteiger partial charge on any atom is -0.205 e. The lowest BCUT2D eigenvalue weighted by Gasteiger charge is -1.72. The first kappa shape index (κ1) is 6.71. The highest BCUT2D eigenvalue weighted by Crippen LogP contribution is 2.29. The van der Waals surface area contributed by atoms with Crippen molar-refractivity contribution in [2.24, 2.45) is 0 Å². The van der Waals surface area contributed by atoms with Crippen molar-refractivity contribution in [1.82, 2.24) is 0 Å². The van der Waals surface area contributed by atoms with Crippen LogP contribution in [0.4, 0.5) is 4.39 Å². The van der Waals surface area contributed by atoms with Crippen LogP contribution in [-0.2, 0) is 0 Å². The van der Waals surface area contributed by atoms with Crippen LogP contribution in [0.15, 0.2) is 13.6 Å². The predicted molar refractivity (Wildman–Crippen MR) is 39.7 cm³/mol. The van der Waals surface area contributed by atoms with Gasteiger partial charge >= 0.3 is 0 Å². The first-order chi connectivity index (χ1) is 3.70. The van der Waals surface area contributed by atoms with Crippen molar-refractivity contribution in [3.05, 3.63) is 19.5 Å². The molecular weight excluding hydrogens is 259 g/mol. The summed E-state index contributed by atoms with van der Waals surface area (Å²) >= 11 is 7.49. The van der Waals surface area contributed by atoms with Crippen LogP contribution >= 0.6 is 43.2 Å². The van der Waals surface area contributed by atoms with Crippen LogP contribution in [0.2, 0.25) is 0 Å². The van der Waals surface area contributed by atoms with Crippen LogP contribution in [-0.4, -0.2) is 0 Å². The normalized spacial score (nSPS) is 9.88. The monoisotopic (exact) mass is 258 g/mol. The Morgan fingerprint density at radius 3 is 2.25 bits per heavy atom. The van der Waals surface area contributed by atoms with E-state index in [1.54, 1.807) is 0 Å². The topological polar surface area (TPSA) is 0 Å². The van der Waals surface area contributed by atoms with Gasteiger partial charge < -0.3 is 0 Å². The first-order valence-electron chi connectivity index (χ1n) is 1.80. The summed E-state index contributed by atoms with van der Waals surface area (Å²) in [5.41, 5.74) is 0. The second kappa shape index (κ2) is 2.45. The van der Waals surface area contributed by atoms with E-state index in [0.717, 1.165) is 3.79 Å². The highest BCUT2D eigenvalue weighted by atomic mass is 79.9. The molecule has 0 atom stereocenters. The third-order valence-electron chi connectivity index (χ3n) is 0.615. The Hall–Kier alpha value is 0.590. The molecule has 1 aromatic rings. The van der Waals surface area contributed by atoms with E-state index in [2.05, 4.69) is 31.9 Å². The Morgan fingerprint density at radius 2 is 2.12 bits per heavy atom. The molecule has 0 fully saturated rings. The number of thiophene rings is 1. The van der Waals surface area contributed by atoms with Crippen LogP contribution in [0.1, 0.15) is 0 Å². The fourth-order valence-corrected chi connectivity index (χ4v) is 2.79. The number of rotatable bonds is 0. The van der Waals surface area contributed by atoms with Gasteiger partial charge in [-0.15, -0.1) is 11.3 Å². The summed E-state index contributed by atoms with van der Waals surface area (Å²) in [5.74, 6) is -0.207. The van der Waals surface area contributed by atoms with E-state index in [4.69, 9.17) is 0 Å². The molecule has 0 nitrogen and oxygen atoms in total. The molecule has 0 amide bonds. The van der Waals surface area contributed by atoms with Crippen molar-refractivity contribution in [2.75, 3.05) is 0 Å². The van der Waals surface area contributed by atoms with Gasteiger partial charge in [0.2, 0.25) is 0 Å². The van der Waals surface area contributed by atoms with Gasteiger partial charge in [-0.1, -0.05) is 0 Å². The SMILES string of the molecule is Fc1cc(Br)sc1Br. The maximum Gasteiger partial charge on any atom is 0.149 e. The van der Waals surface area contributed by atoms with Gasteiger partial charge in [0.1, 0.15) is 9.60 Å². The minimum atomic E-state index is -0.207. The van der Waals surface area contributed by atoms with Gasteiger partial charge in [0, 0.05) is 6.07 Å². The smallest absolute Gasteiger partial charge is 0.149 e. The Bertz CT molecular complexity index is 176. The van der Waals surface area contributed by atoms with Crippen LogP contribution in [0.5, 0.6) is 0 Å². The zero-order valence-corrected chi connectivity index (χ0v) is 7.61. The second-order valence-electron chi connectivity index (χ2n) is 1.17. The van der Waals surface area contributed by atoms with Crippen LogP contribution in [0, 0.1) is 5.82 Å². The average Bonchev–Trinajstić information content (AvgIpc) is 1.85. The summed E-state index contributed by atoms with van der Waals surface area (Å²) < 4.78 is 13.6. The first-order valence-corrected chi connectivity index (χ1v) is 4.21. The fourth-order valence-electron chi connectivity index (χ4n) is 0.320. The van der Waals surface area contributed by atoms with Crippen LogP contribution < -0.4 is 0 Å². The molecule has 8 heavy (non-hydrogen) atoms. The van der Waals surface area contributed by atoms with Gasteiger partial charge in [0.15, 0.2) is 0 Å².